The number of benzene rings is 2. The second kappa shape index (κ2) is 11.0. The first-order valence-electron chi connectivity index (χ1n) is 12.3. The molecule has 1 saturated heterocycles. The van der Waals surface area contributed by atoms with Gasteiger partial charge in [-0.2, -0.15) is 0 Å². The van der Waals surface area contributed by atoms with Crippen molar-refractivity contribution in [3.05, 3.63) is 69.1 Å². The van der Waals surface area contributed by atoms with Crippen LogP contribution in [0.5, 0.6) is 5.75 Å². The van der Waals surface area contributed by atoms with Gasteiger partial charge in [0.2, 0.25) is 0 Å². The Morgan fingerprint density at radius 2 is 2.18 bits per heavy atom. The smallest absolute Gasteiger partial charge is 0.261 e. The number of rotatable bonds is 8. The lowest BCUT2D eigenvalue weighted by molar-refractivity contribution is 0.0247. The fourth-order valence-corrected chi connectivity index (χ4v) is 4.96. The molecule has 2 aromatic heterocycles. The fourth-order valence-electron chi connectivity index (χ4n) is 4.70. The molecule has 2 atom stereocenters. The minimum Gasteiger partial charge on any atom is -0.495 e. The van der Waals surface area contributed by atoms with Crippen molar-refractivity contribution in [2.24, 2.45) is 0 Å². The highest BCUT2D eigenvalue weighted by atomic mass is 35.5. The van der Waals surface area contributed by atoms with Gasteiger partial charge in [0.15, 0.2) is 0 Å². The number of ether oxygens (including phenoxy) is 2. The van der Waals surface area contributed by atoms with Crippen LogP contribution in [0.2, 0.25) is 5.02 Å². The molecule has 0 spiro atoms. The van der Waals surface area contributed by atoms with Crippen LogP contribution in [-0.2, 0) is 4.74 Å². The van der Waals surface area contributed by atoms with E-state index in [0.29, 0.717) is 53.1 Å². The monoisotopic (exact) mass is 541 g/mol. The number of methoxy groups -OCH3 is 1. The van der Waals surface area contributed by atoms with Crippen LogP contribution >= 0.6 is 11.6 Å². The first-order valence-corrected chi connectivity index (χ1v) is 12.7. The molecule has 11 heteroatoms. The van der Waals surface area contributed by atoms with Gasteiger partial charge in [0.25, 0.3) is 5.56 Å². The SMILES string of the molecule is COc1ccc([C@H](O)CNc2cc[nH]c(=O)c2-c2nc3c(C)cc(N4CCO[C@@H](CF)C4)cc3[nH]2)cc1Cl. The van der Waals surface area contributed by atoms with Gasteiger partial charge < -0.3 is 34.8 Å². The van der Waals surface area contributed by atoms with Crippen LogP contribution in [-0.4, -0.2) is 66.2 Å². The average Bonchev–Trinajstić information content (AvgIpc) is 3.36. The Bertz CT molecular complexity index is 1510. The summed E-state index contributed by atoms with van der Waals surface area (Å²) in [6.07, 6.45) is 0.210. The van der Waals surface area contributed by atoms with Crippen molar-refractivity contribution in [1.29, 1.82) is 0 Å². The number of aliphatic hydroxyl groups is 1. The maximum Gasteiger partial charge on any atom is 0.261 e. The molecule has 5 rings (SSSR count). The number of nitrogens with zero attached hydrogens (tertiary/aromatic N) is 2. The van der Waals surface area contributed by atoms with Gasteiger partial charge in [-0.15, -0.1) is 0 Å². The third-order valence-electron chi connectivity index (χ3n) is 6.68. The third kappa shape index (κ3) is 5.20. The fraction of sp³-hybridized carbons (Fsp3) is 0.333. The van der Waals surface area contributed by atoms with Crippen LogP contribution in [0.1, 0.15) is 17.2 Å². The summed E-state index contributed by atoms with van der Waals surface area (Å²) in [5, 5.41) is 14.3. The molecule has 38 heavy (non-hydrogen) atoms. The molecule has 1 fully saturated rings. The zero-order valence-electron chi connectivity index (χ0n) is 21.1. The van der Waals surface area contributed by atoms with E-state index in [1.54, 1.807) is 24.3 Å². The minimum absolute atomic E-state index is 0.134. The van der Waals surface area contributed by atoms with Crippen molar-refractivity contribution < 1.29 is 19.0 Å². The van der Waals surface area contributed by atoms with Gasteiger partial charge in [-0.1, -0.05) is 17.7 Å². The van der Waals surface area contributed by atoms with Gasteiger partial charge in [-0.05, 0) is 48.4 Å². The lowest BCUT2D eigenvalue weighted by Gasteiger charge is -2.33. The number of aryl methyl sites for hydroxylation is 1. The summed E-state index contributed by atoms with van der Waals surface area (Å²) in [7, 11) is 1.53. The molecular formula is C27H29ClFN5O4. The largest absolute Gasteiger partial charge is 0.495 e. The summed E-state index contributed by atoms with van der Waals surface area (Å²) in [4.78, 5) is 25.7. The van der Waals surface area contributed by atoms with E-state index in [0.717, 1.165) is 22.3 Å². The molecule has 0 aliphatic carbocycles. The van der Waals surface area contributed by atoms with Crippen LogP contribution in [0.15, 0.2) is 47.4 Å². The molecule has 4 N–H and O–H groups in total. The summed E-state index contributed by atoms with van der Waals surface area (Å²) in [5.74, 6) is 0.918. The Balaban J connectivity index is 1.42. The number of nitrogens with one attached hydrogen (secondary N) is 3. The molecule has 9 nitrogen and oxygen atoms in total. The summed E-state index contributed by atoms with van der Waals surface area (Å²) in [6, 6.07) is 10.8. The number of aromatic nitrogens is 3. The number of alkyl halides is 1. The van der Waals surface area contributed by atoms with Crippen LogP contribution in [0.25, 0.3) is 22.4 Å². The van der Waals surface area contributed by atoms with Gasteiger partial charge in [0, 0.05) is 31.5 Å². The zero-order valence-corrected chi connectivity index (χ0v) is 21.8. The number of morpholine rings is 1. The first kappa shape index (κ1) is 26.0. The molecule has 1 aliphatic rings. The number of aromatic amines is 2. The summed E-state index contributed by atoms with van der Waals surface area (Å²) < 4.78 is 23.8. The van der Waals surface area contributed by atoms with E-state index >= 15 is 0 Å². The summed E-state index contributed by atoms with van der Waals surface area (Å²) in [5.41, 5.74) is 4.50. The Hall–Kier alpha value is -3.60. The molecule has 0 saturated carbocycles. The Labute approximate surface area is 223 Å². The maximum absolute atomic E-state index is 13.2. The van der Waals surface area contributed by atoms with E-state index < -0.39 is 18.9 Å². The number of hydrogen-bond donors (Lipinski definition) is 4. The quantitative estimate of drug-likeness (QED) is 0.264. The van der Waals surface area contributed by atoms with E-state index in [4.69, 9.17) is 26.1 Å². The van der Waals surface area contributed by atoms with Crippen molar-refractivity contribution in [2.75, 3.05) is 50.2 Å². The molecular weight excluding hydrogens is 513 g/mol. The highest BCUT2D eigenvalue weighted by Gasteiger charge is 2.22. The van der Waals surface area contributed by atoms with E-state index in [1.807, 2.05) is 19.1 Å². The second-order valence-electron chi connectivity index (χ2n) is 9.22. The molecule has 200 valence electrons. The highest BCUT2D eigenvalue weighted by Crippen LogP contribution is 2.31. The number of halogens is 2. The van der Waals surface area contributed by atoms with Crippen molar-refractivity contribution >= 4 is 34.0 Å². The van der Waals surface area contributed by atoms with E-state index in [-0.39, 0.29) is 12.1 Å². The molecule has 4 aromatic rings. The van der Waals surface area contributed by atoms with Crippen LogP contribution < -0.4 is 20.5 Å². The first-order chi connectivity index (χ1) is 18.4. The van der Waals surface area contributed by atoms with E-state index in [2.05, 4.69) is 20.2 Å². The Morgan fingerprint density at radius 3 is 2.95 bits per heavy atom. The topological polar surface area (TPSA) is 116 Å². The van der Waals surface area contributed by atoms with Gasteiger partial charge in [0.1, 0.15) is 29.9 Å². The number of pyridine rings is 1. The lowest BCUT2D eigenvalue weighted by atomic mass is 10.1. The van der Waals surface area contributed by atoms with Crippen molar-refractivity contribution in [3.63, 3.8) is 0 Å². The number of hydrogen-bond acceptors (Lipinski definition) is 7. The average molecular weight is 542 g/mol. The molecule has 1 aliphatic heterocycles. The van der Waals surface area contributed by atoms with E-state index in [1.165, 1.54) is 13.3 Å². The second-order valence-corrected chi connectivity index (χ2v) is 9.63. The number of aliphatic hydroxyl groups excluding tert-OH is 1. The van der Waals surface area contributed by atoms with Crippen molar-refractivity contribution in [3.8, 4) is 17.1 Å². The van der Waals surface area contributed by atoms with Gasteiger partial charge in [-0.25, -0.2) is 9.37 Å². The van der Waals surface area contributed by atoms with Crippen LogP contribution in [0, 0.1) is 6.92 Å². The van der Waals surface area contributed by atoms with Crippen LogP contribution in [0.3, 0.4) is 0 Å². The molecule has 0 radical (unpaired) electrons. The predicted octanol–water partition coefficient (Wildman–Crippen LogP) is 4.21. The summed E-state index contributed by atoms with van der Waals surface area (Å²) in [6.45, 7) is 3.15. The molecule has 2 aromatic carbocycles. The molecule has 0 bridgehead atoms. The molecule has 0 unspecified atom stereocenters. The van der Waals surface area contributed by atoms with E-state index in [9.17, 15) is 14.3 Å². The standard InChI is InChI=1S/C27H29ClFN5O4/c1-15-9-17(34-7-8-38-18(12-29)14-34)11-21-25(15)33-26(32-21)24-20(5-6-30-27(24)36)31-13-22(35)16-3-4-23(37-2)19(28)10-16/h3-6,9-11,18,22,35H,7-8,12-14H2,1-2H3,(H,32,33)(H2,30,31,36)/t18-,22+/m0/s1. The van der Waals surface area contributed by atoms with Gasteiger partial charge in [-0.3, -0.25) is 4.79 Å². The van der Waals surface area contributed by atoms with Crippen molar-refractivity contribution in [1.82, 2.24) is 15.0 Å². The normalized spacial score (nSPS) is 16.6. The Kier molecular flexibility index (Phi) is 7.55. The third-order valence-corrected chi connectivity index (χ3v) is 6.98. The number of anilines is 2. The Morgan fingerprint density at radius 1 is 1.34 bits per heavy atom. The zero-order chi connectivity index (χ0) is 26.8. The number of H-pyrrole nitrogens is 2. The van der Waals surface area contributed by atoms with Gasteiger partial charge >= 0.3 is 0 Å². The predicted molar refractivity (Wildman–Crippen MR) is 146 cm³/mol. The lowest BCUT2D eigenvalue weighted by Crippen LogP contribution is -2.43. The number of fused-ring (bicyclic) bond motifs is 1. The number of imidazole rings is 1. The molecule has 0 amide bonds. The molecule has 3 heterocycles. The maximum atomic E-state index is 13.2. The summed E-state index contributed by atoms with van der Waals surface area (Å²) >= 11 is 6.20. The van der Waals surface area contributed by atoms with Crippen molar-refractivity contribution in [2.45, 2.75) is 19.1 Å². The van der Waals surface area contributed by atoms with Gasteiger partial charge in [0.05, 0.1) is 41.6 Å². The highest BCUT2D eigenvalue weighted by molar-refractivity contribution is 6.32. The van der Waals surface area contributed by atoms with Crippen LogP contribution in [0.4, 0.5) is 15.8 Å². The minimum atomic E-state index is -0.882.